The summed E-state index contributed by atoms with van der Waals surface area (Å²) in [6.45, 7) is 1.36. The van der Waals surface area contributed by atoms with E-state index in [0.29, 0.717) is 18.4 Å². The van der Waals surface area contributed by atoms with Gasteiger partial charge in [0.05, 0.1) is 13.7 Å². The van der Waals surface area contributed by atoms with Crippen molar-refractivity contribution < 1.29 is 9.26 Å². The molecular weight excluding hydrogens is 314 g/mol. The van der Waals surface area contributed by atoms with Crippen LogP contribution in [-0.2, 0) is 13.1 Å². The maximum atomic E-state index is 5.47. The van der Waals surface area contributed by atoms with Crippen LogP contribution >= 0.6 is 0 Å². The molecule has 1 aromatic heterocycles. The fraction of sp³-hybridized carbons (Fsp3) is 0.300. The van der Waals surface area contributed by atoms with E-state index in [1.165, 1.54) is 18.4 Å². The molecule has 0 saturated heterocycles. The van der Waals surface area contributed by atoms with Crippen LogP contribution in [0.5, 0.6) is 5.75 Å². The molecule has 1 aliphatic carbocycles. The second kappa shape index (κ2) is 6.97. The molecule has 25 heavy (non-hydrogen) atoms. The summed E-state index contributed by atoms with van der Waals surface area (Å²) in [6.07, 6.45) is 2.34. The smallest absolute Gasteiger partial charge is 0.246 e. The van der Waals surface area contributed by atoms with E-state index in [0.717, 1.165) is 23.8 Å². The van der Waals surface area contributed by atoms with Gasteiger partial charge in [-0.2, -0.15) is 4.98 Å². The molecule has 1 heterocycles. The van der Waals surface area contributed by atoms with Crippen LogP contribution in [0.2, 0.25) is 0 Å². The molecule has 0 radical (unpaired) electrons. The Balaban J connectivity index is 1.56. The third-order valence-corrected chi connectivity index (χ3v) is 4.41. The lowest BCUT2D eigenvalue weighted by atomic mass is 10.2. The van der Waals surface area contributed by atoms with Crippen molar-refractivity contribution in [2.24, 2.45) is 0 Å². The molecule has 0 spiro atoms. The summed E-state index contributed by atoms with van der Waals surface area (Å²) in [4.78, 5) is 6.80. The van der Waals surface area contributed by atoms with Gasteiger partial charge in [-0.05, 0) is 42.7 Å². The predicted molar refractivity (Wildman–Crippen MR) is 95.6 cm³/mol. The summed E-state index contributed by atoms with van der Waals surface area (Å²) in [5.41, 5.74) is 2.33. The molecule has 2 aromatic carbocycles. The Labute approximate surface area is 147 Å². The molecule has 1 saturated carbocycles. The molecule has 0 bridgehead atoms. The first kappa shape index (κ1) is 15.7. The van der Waals surface area contributed by atoms with Gasteiger partial charge >= 0.3 is 0 Å². The number of anilines is 1. The van der Waals surface area contributed by atoms with E-state index in [4.69, 9.17) is 9.26 Å². The molecule has 0 atom stereocenters. The van der Waals surface area contributed by atoms with E-state index in [1.807, 2.05) is 18.2 Å². The van der Waals surface area contributed by atoms with Crippen molar-refractivity contribution in [2.75, 3.05) is 12.0 Å². The van der Waals surface area contributed by atoms with Gasteiger partial charge in [0.25, 0.3) is 0 Å². The Morgan fingerprint density at radius 2 is 1.80 bits per heavy atom. The lowest BCUT2D eigenvalue weighted by Crippen LogP contribution is -2.22. The zero-order valence-corrected chi connectivity index (χ0v) is 14.3. The number of methoxy groups -OCH3 is 1. The van der Waals surface area contributed by atoms with Gasteiger partial charge in [0.2, 0.25) is 5.89 Å². The van der Waals surface area contributed by atoms with Gasteiger partial charge in [-0.25, -0.2) is 0 Å². The minimum absolute atomic E-state index is 0.501. The number of nitrogens with zero attached hydrogens (tertiary/aromatic N) is 3. The molecule has 128 valence electrons. The molecule has 0 unspecified atom stereocenters. The van der Waals surface area contributed by atoms with E-state index in [9.17, 15) is 0 Å². The highest BCUT2D eigenvalue weighted by Crippen LogP contribution is 2.38. The van der Waals surface area contributed by atoms with Crippen molar-refractivity contribution in [2.45, 2.75) is 31.8 Å². The molecule has 5 heteroatoms. The van der Waals surface area contributed by atoms with E-state index in [2.05, 4.69) is 51.4 Å². The van der Waals surface area contributed by atoms with E-state index >= 15 is 0 Å². The molecule has 0 N–H and O–H groups in total. The van der Waals surface area contributed by atoms with Gasteiger partial charge in [0.1, 0.15) is 5.75 Å². The predicted octanol–water partition coefficient (Wildman–Crippen LogP) is 4.16. The first-order valence-electron chi connectivity index (χ1n) is 8.57. The number of rotatable bonds is 7. The Kier molecular flexibility index (Phi) is 4.37. The number of aromatic nitrogens is 2. The van der Waals surface area contributed by atoms with Crippen molar-refractivity contribution in [3.05, 3.63) is 71.9 Å². The highest BCUT2D eigenvalue weighted by atomic mass is 16.5. The van der Waals surface area contributed by atoms with E-state index < -0.39 is 0 Å². The van der Waals surface area contributed by atoms with Crippen molar-refractivity contribution >= 4 is 5.69 Å². The summed E-state index contributed by atoms with van der Waals surface area (Å²) < 4.78 is 10.7. The highest BCUT2D eigenvalue weighted by Gasteiger charge is 2.29. The fourth-order valence-electron chi connectivity index (χ4n) is 2.84. The Hall–Kier alpha value is -2.82. The third kappa shape index (κ3) is 3.82. The molecule has 0 amide bonds. The molecule has 4 rings (SSSR count). The van der Waals surface area contributed by atoms with Gasteiger partial charge in [-0.15, -0.1) is 0 Å². The van der Waals surface area contributed by atoms with Crippen LogP contribution in [0.25, 0.3) is 0 Å². The Morgan fingerprint density at radius 1 is 1.04 bits per heavy atom. The van der Waals surface area contributed by atoms with E-state index in [-0.39, 0.29) is 0 Å². The fourth-order valence-corrected chi connectivity index (χ4v) is 2.84. The second-order valence-electron chi connectivity index (χ2n) is 6.36. The summed E-state index contributed by atoms with van der Waals surface area (Å²) in [5, 5.41) is 4.13. The van der Waals surface area contributed by atoms with Crippen molar-refractivity contribution in [3.63, 3.8) is 0 Å². The summed E-state index contributed by atoms with van der Waals surface area (Å²) >= 11 is 0. The zero-order chi connectivity index (χ0) is 17.1. The van der Waals surface area contributed by atoms with Crippen LogP contribution in [0.15, 0.2) is 59.1 Å². The lowest BCUT2D eigenvalue weighted by molar-refractivity contribution is 0.370. The molecule has 1 fully saturated rings. The van der Waals surface area contributed by atoms with Gasteiger partial charge in [-0.3, -0.25) is 0 Å². The van der Waals surface area contributed by atoms with Crippen LogP contribution in [0.3, 0.4) is 0 Å². The second-order valence-corrected chi connectivity index (χ2v) is 6.36. The normalized spacial score (nSPS) is 13.6. The van der Waals surface area contributed by atoms with Crippen molar-refractivity contribution in [1.29, 1.82) is 0 Å². The van der Waals surface area contributed by atoms with Gasteiger partial charge in [0.15, 0.2) is 5.82 Å². The minimum Gasteiger partial charge on any atom is -0.497 e. The quantitative estimate of drug-likeness (QED) is 0.649. The first-order chi connectivity index (χ1) is 12.3. The van der Waals surface area contributed by atoms with E-state index in [1.54, 1.807) is 7.11 Å². The molecule has 5 nitrogen and oxygen atoms in total. The average Bonchev–Trinajstić information content (AvgIpc) is 3.41. The van der Waals surface area contributed by atoms with Gasteiger partial charge < -0.3 is 14.2 Å². The minimum atomic E-state index is 0.501. The monoisotopic (exact) mass is 335 g/mol. The van der Waals surface area contributed by atoms with Crippen LogP contribution in [-0.4, -0.2) is 17.3 Å². The summed E-state index contributed by atoms with van der Waals surface area (Å²) in [7, 11) is 1.68. The van der Waals surface area contributed by atoms with Crippen LogP contribution in [0, 0.1) is 0 Å². The summed E-state index contributed by atoms with van der Waals surface area (Å²) in [6, 6.07) is 18.4. The maximum absolute atomic E-state index is 5.47. The number of hydrogen-bond acceptors (Lipinski definition) is 5. The van der Waals surface area contributed by atoms with Gasteiger partial charge in [0, 0.05) is 18.2 Å². The highest BCUT2D eigenvalue weighted by molar-refractivity contribution is 5.49. The van der Waals surface area contributed by atoms with Gasteiger partial charge in [-0.1, -0.05) is 35.5 Å². The van der Waals surface area contributed by atoms with Crippen molar-refractivity contribution in [1.82, 2.24) is 10.1 Å². The molecule has 3 aromatic rings. The van der Waals surface area contributed by atoms with Crippen LogP contribution in [0.1, 0.15) is 36.0 Å². The molecule has 1 aliphatic rings. The molecule has 0 aliphatic heterocycles. The first-order valence-corrected chi connectivity index (χ1v) is 8.57. The van der Waals surface area contributed by atoms with Crippen LogP contribution < -0.4 is 9.64 Å². The number of hydrogen-bond donors (Lipinski definition) is 0. The van der Waals surface area contributed by atoms with Crippen LogP contribution in [0.4, 0.5) is 5.69 Å². The standard InChI is InChI=1S/C20H21N3O2/c1-24-18-11-9-17(10-12-18)23(13-15-5-3-2-4-6-15)14-19-21-20(22-25-19)16-7-8-16/h2-6,9-12,16H,7-8,13-14H2,1H3. The lowest BCUT2D eigenvalue weighted by Gasteiger charge is -2.23. The number of benzene rings is 2. The average molecular weight is 335 g/mol. The Bertz CT molecular complexity index is 810. The molecular formula is C20H21N3O2. The Morgan fingerprint density at radius 3 is 2.48 bits per heavy atom. The summed E-state index contributed by atoms with van der Waals surface area (Å²) in [5.74, 6) is 2.86. The topological polar surface area (TPSA) is 51.4 Å². The largest absolute Gasteiger partial charge is 0.497 e. The third-order valence-electron chi connectivity index (χ3n) is 4.41. The zero-order valence-electron chi connectivity index (χ0n) is 14.3. The SMILES string of the molecule is COc1ccc(N(Cc2ccccc2)Cc2nc(C3CC3)no2)cc1. The maximum Gasteiger partial charge on any atom is 0.246 e. The number of ether oxygens (including phenoxy) is 1. The van der Waals surface area contributed by atoms with Crippen molar-refractivity contribution in [3.8, 4) is 5.75 Å².